The molecule has 7 nitrogen and oxygen atoms in total. The van der Waals surface area contributed by atoms with E-state index in [9.17, 15) is 14.0 Å². The van der Waals surface area contributed by atoms with Gasteiger partial charge in [0.25, 0.3) is 5.56 Å². The van der Waals surface area contributed by atoms with Gasteiger partial charge in [-0.05, 0) is 54.0 Å². The molecule has 1 aromatic heterocycles. The van der Waals surface area contributed by atoms with E-state index < -0.39 is 12.0 Å². The fraction of sp³-hybridized carbons (Fsp3) is 0.167. The molecule has 0 saturated heterocycles. The molecule has 0 fully saturated rings. The number of hydrogen-bond acceptors (Lipinski definition) is 7. The Morgan fingerprint density at radius 1 is 1.05 bits per heavy atom. The first-order valence-electron chi connectivity index (χ1n) is 12.1. The third-order valence-corrected chi connectivity index (χ3v) is 7.32. The monoisotopic (exact) mass is 544 g/mol. The molecule has 0 radical (unpaired) electrons. The van der Waals surface area contributed by atoms with Gasteiger partial charge in [-0.1, -0.05) is 59.9 Å². The lowest BCUT2D eigenvalue weighted by Crippen LogP contribution is -2.39. The van der Waals surface area contributed by atoms with Crippen LogP contribution in [0, 0.1) is 5.82 Å². The number of hydrogen-bond donors (Lipinski definition) is 0. The summed E-state index contributed by atoms with van der Waals surface area (Å²) < 4.78 is 31.6. The standard InChI is InChI=1S/C30H25FN2O5S/c1-18-26(29(35)37-3)27(21-7-5-4-6-8-21)33-28(34)25(39-30(33)32-18)16-20-11-14-23(24(15-20)36-2)38-17-19-9-12-22(31)13-10-19/h4-16,27H,17H2,1-3H3. The second kappa shape index (κ2) is 11.1. The average Bonchev–Trinajstić information content (AvgIpc) is 3.26. The first-order chi connectivity index (χ1) is 18.9. The number of methoxy groups -OCH3 is 2. The summed E-state index contributed by atoms with van der Waals surface area (Å²) in [6.07, 6.45) is 1.76. The summed E-state index contributed by atoms with van der Waals surface area (Å²) >= 11 is 1.25. The van der Waals surface area contributed by atoms with Gasteiger partial charge in [0.1, 0.15) is 12.4 Å². The van der Waals surface area contributed by atoms with Crippen molar-refractivity contribution in [1.82, 2.24) is 4.57 Å². The molecule has 9 heteroatoms. The van der Waals surface area contributed by atoms with Gasteiger partial charge in [0, 0.05) is 0 Å². The van der Waals surface area contributed by atoms with Gasteiger partial charge in [-0.3, -0.25) is 9.36 Å². The third kappa shape index (κ3) is 5.26. The lowest BCUT2D eigenvalue weighted by Gasteiger charge is -2.24. The minimum atomic E-state index is -0.658. The second-order valence-corrected chi connectivity index (χ2v) is 9.82. The zero-order valence-corrected chi connectivity index (χ0v) is 22.3. The van der Waals surface area contributed by atoms with E-state index in [2.05, 4.69) is 4.99 Å². The Bertz CT molecular complexity index is 1740. The molecule has 1 unspecified atom stereocenters. The van der Waals surface area contributed by atoms with E-state index in [4.69, 9.17) is 14.2 Å². The van der Waals surface area contributed by atoms with Crippen LogP contribution >= 0.6 is 11.3 Å². The van der Waals surface area contributed by atoms with Gasteiger partial charge in [0.15, 0.2) is 16.3 Å². The van der Waals surface area contributed by atoms with E-state index in [-0.39, 0.29) is 18.0 Å². The molecule has 39 heavy (non-hydrogen) atoms. The Hall–Kier alpha value is -4.50. The Morgan fingerprint density at radius 3 is 2.49 bits per heavy atom. The van der Waals surface area contributed by atoms with Crippen LogP contribution in [-0.4, -0.2) is 24.8 Å². The van der Waals surface area contributed by atoms with Crippen molar-refractivity contribution in [3.63, 3.8) is 0 Å². The highest BCUT2D eigenvalue weighted by molar-refractivity contribution is 7.07. The number of carbonyl (C=O) groups excluding carboxylic acids is 1. The minimum absolute atomic E-state index is 0.246. The van der Waals surface area contributed by atoms with Crippen LogP contribution in [0.2, 0.25) is 0 Å². The van der Waals surface area contributed by atoms with Crippen molar-refractivity contribution >= 4 is 23.4 Å². The SMILES string of the molecule is COC(=O)C1=C(C)N=c2sc(=Cc3ccc(OCc4ccc(F)cc4)c(OC)c3)c(=O)n2C1c1ccccc1. The van der Waals surface area contributed by atoms with Gasteiger partial charge in [-0.25, -0.2) is 14.2 Å². The minimum Gasteiger partial charge on any atom is -0.493 e. The van der Waals surface area contributed by atoms with Gasteiger partial charge in [-0.2, -0.15) is 0 Å². The largest absolute Gasteiger partial charge is 0.493 e. The van der Waals surface area contributed by atoms with Gasteiger partial charge in [0.05, 0.1) is 36.1 Å². The Labute approximate surface area is 227 Å². The summed E-state index contributed by atoms with van der Waals surface area (Å²) in [6, 6.07) is 20.1. The van der Waals surface area contributed by atoms with E-state index in [0.717, 1.165) is 16.7 Å². The summed E-state index contributed by atoms with van der Waals surface area (Å²) in [5, 5.41) is 0. The molecule has 5 rings (SSSR count). The normalized spacial score (nSPS) is 15.0. The van der Waals surface area contributed by atoms with Crippen molar-refractivity contribution in [3.05, 3.63) is 126 Å². The highest BCUT2D eigenvalue weighted by Crippen LogP contribution is 2.31. The number of thiazole rings is 1. The van der Waals surface area contributed by atoms with E-state index in [1.807, 2.05) is 36.4 Å². The van der Waals surface area contributed by atoms with Gasteiger partial charge in [-0.15, -0.1) is 0 Å². The number of benzene rings is 3. The summed E-state index contributed by atoms with van der Waals surface area (Å²) in [7, 11) is 2.85. The number of ether oxygens (including phenoxy) is 3. The number of nitrogens with zero attached hydrogens (tertiary/aromatic N) is 2. The van der Waals surface area contributed by atoms with Gasteiger partial charge in [0.2, 0.25) is 0 Å². The van der Waals surface area contributed by atoms with Crippen molar-refractivity contribution in [2.75, 3.05) is 14.2 Å². The van der Waals surface area contributed by atoms with Crippen molar-refractivity contribution in [1.29, 1.82) is 0 Å². The first kappa shape index (κ1) is 26.1. The lowest BCUT2D eigenvalue weighted by atomic mass is 9.96. The van der Waals surface area contributed by atoms with E-state index in [1.165, 1.54) is 37.7 Å². The van der Waals surface area contributed by atoms with Crippen LogP contribution in [0.25, 0.3) is 6.08 Å². The quantitative estimate of drug-likeness (QED) is 0.327. The van der Waals surface area contributed by atoms with Crippen LogP contribution in [0.4, 0.5) is 4.39 Å². The molecule has 0 aliphatic carbocycles. The van der Waals surface area contributed by atoms with Crippen LogP contribution in [0.3, 0.4) is 0 Å². The maximum Gasteiger partial charge on any atom is 0.338 e. The predicted molar refractivity (Wildman–Crippen MR) is 146 cm³/mol. The number of halogens is 1. The zero-order chi connectivity index (χ0) is 27.5. The van der Waals surface area contributed by atoms with E-state index >= 15 is 0 Å². The molecular formula is C30H25FN2O5S. The fourth-order valence-electron chi connectivity index (χ4n) is 4.43. The molecule has 1 atom stereocenters. The summed E-state index contributed by atoms with van der Waals surface area (Å²) in [5.74, 6) is 0.172. The number of allylic oxidation sites excluding steroid dienone is 1. The van der Waals surface area contributed by atoms with E-state index in [0.29, 0.717) is 32.1 Å². The van der Waals surface area contributed by atoms with Crippen LogP contribution in [0.1, 0.15) is 29.7 Å². The molecule has 0 bridgehead atoms. The van der Waals surface area contributed by atoms with Crippen LogP contribution in [-0.2, 0) is 16.1 Å². The van der Waals surface area contributed by atoms with Crippen LogP contribution < -0.4 is 24.4 Å². The topological polar surface area (TPSA) is 79.1 Å². The lowest BCUT2D eigenvalue weighted by molar-refractivity contribution is -0.136. The molecule has 1 aliphatic heterocycles. The maximum absolute atomic E-state index is 13.7. The highest BCUT2D eigenvalue weighted by atomic mass is 32.1. The number of fused-ring (bicyclic) bond motifs is 1. The van der Waals surface area contributed by atoms with Gasteiger partial charge < -0.3 is 14.2 Å². The molecule has 0 N–H and O–H groups in total. The highest BCUT2D eigenvalue weighted by Gasteiger charge is 2.32. The molecule has 0 spiro atoms. The summed E-state index contributed by atoms with van der Waals surface area (Å²) in [4.78, 5) is 31.5. The van der Waals surface area contributed by atoms with Crippen molar-refractivity contribution in [2.24, 2.45) is 4.99 Å². The molecule has 3 aromatic carbocycles. The maximum atomic E-state index is 13.7. The predicted octanol–water partition coefficient (Wildman–Crippen LogP) is 4.13. The van der Waals surface area contributed by atoms with Gasteiger partial charge >= 0.3 is 5.97 Å². The molecule has 0 saturated carbocycles. The van der Waals surface area contributed by atoms with Crippen LogP contribution in [0.15, 0.2) is 93.9 Å². The third-order valence-electron chi connectivity index (χ3n) is 6.34. The molecule has 4 aromatic rings. The number of aromatic nitrogens is 1. The summed E-state index contributed by atoms with van der Waals surface area (Å²) in [6.45, 7) is 1.99. The number of rotatable bonds is 7. The number of esters is 1. The molecule has 1 aliphatic rings. The van der Waals surface area contributed by atoms with Crippen molar-refractivity contribution in [3.8, 4) is 11.5 Å². The fourth-order valence-corrected chi connectivity index (χ4v) is 5.48. The van der Waals surface area contributed by atoms with Crippen LogP contribution in [0.5, 0.6) is 11.5 Å². The Balaban J connectivity index is 1.53. The molecule has 0 amide bonds. The smallest absolute Gasteiger partial charge is 0.338 e. The van der Waals surface area contributed by atoms with E-state index in [1.54, 1.807) is 41.8 Å². The number of carbonyl (C=O) groups is 1. The van der Waals surface area contributed by atoms with Crippen molar-refractivity contribution in [2.45, 2.75) is 19.6 Å². The Kier molecular flexibility index (Phi) is 7.42. The van der Waals surface area contributed by atoms with Crippen molar-refractivity contribution < 1.29 is 23.4 Å². The summed E-state index contributed by atoms with van der Waals surface area (Å²) in [5.41, 5.74) is 2.89. The molecule has 2 heterocycles. The Morgan fingerprint density at radius 2 is 1.79 bits per heavy atom. The molecular weight excluding hydrogens is 519 g/mol. The molecule has 198 valence electrons. The average molecular weight is 545 g/mol. The zero-order valence-electron chi connectivity index (χ0n) is 21.5. The first-order valence-corrected chi connectivity index (χ1v) is 12.9. The second-order valence-electron chi connectivity index (χ2n) is 8.81.